The highest BCUT2D eigenvalue weighted by Crippen LogP contribution is 2.49. The molecule has 0 aromatic carbocycles. The van der Waals surface area contributed by atoms with Crippen LogP contribution in [0, 0.1) is 17.8 Å². The van der Waals surface area contributed by atoms with E-state index in [-0.39, 0.29) is 11.8 Å². The van der Waals surface area contributed by atoms with Gasteiger partial charge in [0.15, 0.2) is 0 Å². The number of aliphatic hydroxyl groups excluding tert-OH is 2. The summed E-state index contributed by atoms with van der Waals surface area (Å²) in [6, 6.07) is 0. The van der Waals surface area contributed by atoms with Crippen LogP contribution in [0.1, 0.15) is 58.3 Å². The van der Waals surface area contributed by atoms with Gasteiger partial charge in [0.05, 0.1) is 17.9 Å². The second kappa shape index (κ2) is 9.92. The van der Waals surface area contributed by atoms with E-state index in [0.29, 0.717) is 12.3 Å². The minimum atomic E-state index is -1.05. The Balaban J connectivity index is 1.73. The first kappa shape index (κ1) is 19.9. The zero-order chi connectivity index (χ0) is 18.2. The van der Waals surface area contributed by atoms with Crippen LogP contribution >= 0.6 is 0 Å². The molecule has 0 bridgehead atoms. The molecule has 6 heteroatoms. The number of nitrogens with zero attached hydrogens (tertiary/aromatic N) is 1. The molecule has 5 atom stereocenters. The summed E-state index contributed by atoms with van der Waals surface area (Å²) < 4.78 is 0. The molecule has 6 nitrogen and oxygen atoms in total. The van der Waals surface area contributed by atoms with Gasteiger partial charge in [-0.1, -0.05) is 56.3 Å². The number of aliphatic carboxylic acids is 1. The second-order valence-corrected chi connectivity index (χ2v) is 7.26. The molecule has 2 aliphatic rings. The van der Waals surface area contributed by atoms with Gasteiger partial charge in [0, 0.05) is 11.8 Å². The summed E-state index contributed by atoms with van der Waals surface area (Å²) in [4.78, 5) is 15.2. The predicted octanol–water partition coefficient (Wildman–Crippen LogP) is 2.74. The molecule has 2 aliphatic carbocycles. The normalized spacial score (nSPS) is 31.1. The standard InChI is InChI=1S/C19H31NO5/c1-2-3-4-5-6-7-13(21)8-9-14-15-10-17(16(15)11-18(14)22)20-25-12-19(23)24/h8-9,13-16,18,21-22H,2-7,10-12H2,1H3,(H,23,24)/t13?,14?,15-,16-,18?/m0/s1. The fourth-order valence-electron chi connectivity index (χ4n) is 3.90. The lowest BCUT2D eigenvalue weighted by molar-refractivity contribution is -0.142. The summed E-state index contributed by atoms with van der Waals surface area (Å²) in [5.74, 6) is -0.519. The summed E-state index contributed by atoms with van der Waals surface area (Å²) in [6.45, 7) is 1.75. The highest BCUT2D eigenvalue weighted by Gasteiger charge is 2.51. The van der Waals surface area contributed by atoms with Crippen molar-refractivity contribution in [3.05, 3.63) is 12.2 Å². The number of hydrogen-bond donors (Lipinski definition) is 3. The summed E-state index contributed by atoms with van der Waals surface area (Å²) in [5.41, 5.74) is 0.845. The van der Waals surface area contributed by atoms with E-state index in [1.54, 1.807) is 0 Å². The summed E-state index contributed by atoms with van der Waals surface area (Å²) in [7, 11) is 0. The molecule has 0 heterocycles. The molecular weight excluding hydrogens is 322 g/mol. The number of unbranched alkanes of at least 4 members (excludes halogenated alkanes) is 4. The van der Waals surface area contributed by atoms with Crippen LogP contribution in [-0.4, -0.2) is 45.8 Å². The van der Waals surface area contributed by atoms with Crippen LogP contribution in [0.3, 0.4) is 0 Å². The first-order valence-electron chi connectivity index (χ1n) is 9.47. The van der Waals surface area contributed by atoms with Crippen molar-refractivity contribution in [1.82, 2.24) is 0 Å². The number of oxime groups is 1. The molecule has 0 aromatic rings. The Hall–Kier alpha value is -1.40. The first-order chi connectivity index (χ1) is 12.0. The third-order valence-electron chi connectivity index (χ3n) is 5.35. The second-order valence-electron chi connectivity index (χ2n) is 7.26. The maximum Gasteiger partial charge on any atom is 0.344 e. The van der Waals surface area contributed by atoms with Gasteiger partial charge in [-0.05, 0) is 25.2 Å². The number of carboxylic acid groups (broad SMARTS) is 1. The minimum Gasteiger partial charge on any atom is -0.479 e. The number of hydrogen-bond acceptors (Lipinski definition) is 5. The number of rotatable bonds is 11. The van der Waals surface area contributed by atoms with Crippen LogP contribution < -0.4 is 0 Å². The van der Waals surface area contributed by atoms with Crippen molar-refractivity contribution in [2.24, 2.45) is 22.9 Å². The Kier molecular flexibility index (Phi) is 7.90. The van der Waals surface area contributed by atoms with E-state index in [4.69, 9.17) is 9.94 Å². The quantitative estimate of drug-likeness (QED) is 0.301. The van der Waals surface area contributed by atoms with E-state index in [2.05, 4.69) is 12.1 Å². The molecule has 0 aromatic heterocycles. The van der Waals surface area contributed by atoms with Crippen LogP contribution in [0.25, 0.3) is 0 Å². The molecule has 0 spiro atoms. The Labute approximate surface area is 149 Å². The fraction of sp³-hybridized carbons (Fsp3) is 0.789. The fourth-order valence-corrected chi connectivity index (χ4v) is 3.90. The molecule has 2 fully saturated rings. The molecule has 142 valence electrons. The van der Waals surface area contributed by atoms with E-state index in [1.807, 2.05) is 12.2 Å². The van der Waals surface area contributed by atoms with Gasteiger partial charge in [0.2, 0.25) is 6.61 Å². The van der Waals surface area contributed by atoms with Crippen LogP contribution in [0.2, 0.25) is 0 Å². The predicted molar refractivity (Wildman–Crippen MR) is 95.3 cm³/mol. The summed E-state index contributed by atoms with van der Waals surface area (Å²) in [5, 5.41) is 32.8. The average molecular weight is 353 g/mol. The van der Waals surface area contributed by atoms with Gasteiger partial charge in [0.25, 0.3) is 0 Å². The van der Waals surface area contributed by atoms with Gasteiger partial charge in [-0.15, -0.1) is 0 Å². The van der Waals surface area contributed by atoms with Crippen molar-refractivity contribution in [1.29, 1.82) is 0 Å². The van der Waals surface area contributed by atoms with Gasteiger partial charge < -0.3 is 20.2 Å². The van der Waals surface area contributed by atoms with Crippen LogP contribution in [0.4, 0.5) is 0 Å². The molecule has 0 saturated heterocycles. The van der Waals surface area contributed by atoms with Crippen LogP contribution in [0.5, 0.6) is 0 Å². The van der Waals surface area contributed by atoms with Crippen molar-refractivity contribution in [2.45, 2.75) is 70.5 Å². The number of fused-ring (bicyclic) bond motifs is 1. The molecule has 3 N–H and O–H groups in total. The lowest BCUT2D eigenvalue weighted by Gasteiger charge is -2.34. The average Bonchev–Trinajstić information content (AvgIpc) is 2.80. The Morgan fingerprint density at radius 3 is 2.84 bits per heavy atom. The van der Waals surface area contributed by atoms with Crippen molar-refractivity contribution in [2.75, 3.05) is 6.61 Å². The van der Waals surface area contributed by atoms with Gasteiger partial charge in [0.1, 0.15) is 0 Å². The van der Waals surface area contributed by atoms with Crippen molar-refractivity contribution in [3.8, 4) is 0 Å². The Bertz CT molecular complexity index is 490. The zero-order valence-corrected chi connectivity index (χ0v) is 15.0. The van der Waals surface area contributed by atoms with Gasteiger partial charge in [-0.3, -0.25) is 0 Å². The molecule has 3 unspecified atom stereocenters. The highest BCUT2D eigenvalue weighted by atomic mass is 16.6. The third-order valence-corrected chi connectivity index (χ3v) is 5.35. The molecule has 0 radical (unpaired) electrons. The van der Waals surface area contributed by atoms with E-state index < -0.39 is 24.8 Å². The van der Waals surface area contributed by atoms with Crippen LogP contribution in [-0.2, 0) is 9.63 Å². The summed E-state index contributed by atoms with van der Waals surface area (Å²) >= 11 is 0. The molecule has 2 saturated carbocycles. The van der Waals surface area contributed by atoms with E-state index in [9.17, 15) is 15.0 Å². The number of carbonyl (C=O) groups is 1. The van der Waals surface area contributed by atoms with Crippen molar-refractivity contribution < 1.29 is 25.0 Å². The maximum atomic E-state index is 10.4. The number of carboxylic acids is 1. The van der Waals surface area contributed by atoms with Gasteiger partial charge >= 0.3 is 5.97 Å². The Morgan fingerprint density at radius 2 is 2.12 bits per heavy atom. The smallest absolute Gasteiger partial charge is 0.344 e. The highest BCUT2D eigenvalue weighted by molar-refractivity contribution is 5.93. The Morgan fingerprint density at radius 1 is 1.36 bits per heavy atom. The van der Waals surface area contributed by atoms with Crippen molar-refractivity contribution in [3.63, 3.8) is 0 Å². The third kappa shape index (κ3) is 5.82. The lowest BCUT2D eigenvalue weighted by atomic mass is 9.71. The molecule has 0 amide bonds. The SMILES string of the molecule is CCCCCCCC(O)C=CC1C(O)C[C@@H]2C(=NOCC(=O)O)C[C@@H]12. The van der Waals surface area contributed by atoms with E-state index in [0.717, 1.165) is 31.4 Å². The first-order valence-corrected chi connectivity index (χ1v) is 9.47. The van der Waals surface area contributed by atoms with E-state index in [1.165, 1.54) is 19.3 Å². The molecule has 2 rings (SSSR count). The molecule has 25 heavy (non-hydrogen) atoms. The zero-order valence-electron chi connectivity index (χ0n) is 15.0. The summed E-state index contributed by atoms with van der Waals surface area (Å²) in [6.07, 6.45) is 10.9. The molecular formula is C19H31NO5. The number of aliphatic hydroxyl groups is 2. The maximum absolute atomic E-state index is 10.4. The lowest BCUT2D eigenvalue weighted by Crippen LogP contribution is -2.36. The topological polar surface area (TPSA) is 99.4 Å². The van der Waals surface area contributed by atoms with Gasteiger partial charge in [-0.25, -0.2) is 4.79 Å². The van der Waals surface area contributed by atoms with Gasteiger partial charge in [-0.2, -0.15) is 0 Å². The van der Waals surface area contributed by atoms with Crippen molar-refractivity contribution >= 4 is 11.7 Å². The largest absolute Gasteiger partial charge is 0.479 e. The van der Waals surface area contributed by atoms with Crippen LogP contribution in [0.15, 0.2) is 17.3 Å². The van der Waals surface area contributed by atoms with E-state index >= 15 is 0 Å². The molecule has 0 aliphatic heterocycles. The monoisotopic (exact) mass is 353 g/mol. The minimum absolute atomic E-state index is 0.0400.